The lowest BCUT2D eigenvalue weighted by atomic mass is 10.1. The summed E-state index contributed by atoms with van der Waals surface area (Å²) in [7, 11) is 0. The van der Waals surface area contributed by atoms with Gasteiger partial charge in [0.25, 0.3) is 0 Å². The second-order valence-electron chi connectivity index (χ2n) is 4.56. The summed E-state index contributed by atoms with van der Waals surface area (Å²) in [5.74, 6) is -0.911. The lowest BCUT2D eigenvalue weighted by Gasteiger charge is -2.09. The molecular weight excluding hydrogens is 260 g/mol. The molecule has 1 aromatic carbocycles. The molecular formula is C13H12N4O3. The van der Waals surface area contributed by atoms with E-state index in [1.807, 2.05) is 30.3 Å². The number of carbonyl (C=O) groups excluding carboxylic acids is 2. The maximum Gasteiger partial charge on any atom is 0.325 e. The number of aromatic nitrogens is 2. The molecule has 3 rings (SSSR count). The van der Waals surface area contributed by atoms with Crippen LogP contribution in [0.5, 0.6) is 0 Å². The SMILES string of the molecule is NC(=O)C1CC(=O)N(c2nnc(-c3ccccc3)o2)C1. The van der Waals surface area contributed by atoms with Crippen molar-refractivity contribution in [3.05, 3.63) is 30.3 Å². The van der Waals surface area contributed by atoms with Gasteiger partial charge in [-0.15, -0.1) is 5.10 Å². The molecule has 2 N–H and O–H groups in total. The van der Waals surface area contributed by atoms with Gasteiger partial charge in [0.2, 0.25) is 17.7 Å². The quantitative estimate of drug-likeness (QED) is 0.880. The number of anilines is 1. The van der Waals surface area contributed by atoms with Gasteiger partial charge in [0.1, 0.15) is 0 Å². The summed E-state index contributed by atoms with van der Waals surface area (Å²) < 4.78 is 5.48. The first-order valence-electron chi connectivity index (χ1n) is 6.14. The molecule has 0 radical (unpaired) electrons. The summed E-state index contributed by atoms with van der Waals surface area (Å²) in [5, 5.41) is 7.76. The third-order valence-electron chi connectivity index (χ3n) is 3.19. The van der Waals surface area contributed by atoms with Gasteiger partial charge in [-0.25, -0.2) is 0 Å². The number of hydrogen-bond donors (Lipinski definition) is 1. The van der Waals surface area contributed by atoms with Crippen molar-refractivity contribution in [2.24, 2.45) is 11.7 Å². The molecule has 1 fully saturated rings. The first-order valence-corrected chi connectivity index (χ1v) is 6.14. The third-order valence-corrected chi connectivity index (χ3v) is 3.19. The average Bonchev–Trinajstić information content (AvgIpc) is 3.06. The first-order chi connectivity index (χ1) is 9.65. The number of amides is 2. The van der Waals surface area contributed by atoms with Crippen molar-refractivity contribution in [2.75, 3.05) is 11.4 Å². The normalized spacial score (nSPS) is 18.5. The van der Waals surface area contributed by atoms with Crippen molar-refractivity contribution in [1.82, 2.24) is 10.2 Å². The Labute approximate surface area is 114 Å². The molecule has 0 spiro atoms. The Morgan fingerprint density at radius 3 is 2.70 bits per heavy atom. The first kappa shape index (κ1) is 12.3. The van der Waals surface area contributed by atoms with Crippen molar-refractivity contribution < 1.29 is 14.0 Å². The van der Waals surface area contributed by atoms with E-state index in [0.717, 1.165) is 5.56 Å². The second kappa shape index (κ2) is 4.76. The average molecular weight is 272 g/mol. The van der Waals surface area contributed by atoms with Crippen molar-refractivity contribution in [2.45, 2.75) is 6.42 Å². The summed E-state index contributed by atoms with van der Waals surface area (Å²) in [6, 6.07) is 9.33. The standard InChI is InChI=1S/C13H12N4O3/c14-11(19)9-6-10(18)17(7-9)13-16-15-12(20-13)8-4-2-1-3-5-8/h1-5,9H,6-7H2,(H2,14,19). The highest BCUT2D eigenvalue weighted by Gasteiger charge is 2.36. The molecule has 1 aromatic heterocycles. The van der Waals surface area contributed by atoms with Crippen LogP contribution in [0.1, 0.15) is 6.42 Å². The van der Waals surface area contributed by atoms with Crippen LogP contribution in [0.25, 0.3) is 11.5 Å². The van der Waals surface area contributed by atoms with E-state index in [2.05, 4.69) is 10.2 Å². The van der Waals surface area contributed by atoms with Gasteiger partial charge in [0.05, 0.1) is 5.92 Å². The monoisotopic (exact) mass is 272 g/mol. The van der Waals surface area contributed by atoms with E-state index in [-0.39, 0.29) is 24.9 Å². The van der Waals surface area contributed by atoms with Crippen LogP contribution in [-0.4, -0.2) is 28.6 Å². The van der Waals surface area contributed by atoms with Gasteiger partial charge < -0.3 is 10.2 Å². The van der Waals surface area contributed by atoms with Crippen LogP contribution < -0.4 is 10.6 Å². The Morgan fingerprint density at radius 1 is 1.30 bits per heavy atom. The van der Waals surface area contributed by atoms with Crippen LogP contribution in [0.3, 0.4) is 0 Å². The predicted molar refractivity (Wildman–Crippen MR) is 69.4 cm³/mol. The maximum atomic E-state index is 11.8. The molecule has 2 amide bonds. The van der Waals surface area contributed by atoms with Gasteiger partial charge in [-0.05, 0) is 12.1 Å². The van der Waals surface area contributed by atoms with E-state index >= 15 is 0 Å². The van der Waals surface area contributed by atoms with Crippen molar-refractivity contribution in [3.63, 3.8) is 0 Å². The molecule has 102 valence electrons. The van der Waals surface area contributed by atoms with Crippen LogP contribution in [0, 0.1) is 5.92 Å². The number of carbonyl (C=O) groups is 2. The molecule has 1 saturated heterocycles. The minimum Gasteiger partial charge on any atom is -0.403 e. The fourth-order valence-electron chi connectivity index (χ4n) is 2.11. The predicted octanol–water partition coefficient (Wildman–Crippen LogP) is 0.575. The zero-order chi connectivity index (χ0) is 14.1. The summed E-state index contributed by atoms with van der Waals surface area (Å²) >= 11 is 0. The van der Waals surface area contributed by atoms with E-state index in [0.29, 0.717) is 5.89 Å². The number of primary amides is 1. The van der Waals surface area contributed by atoms with Crippen molar-refractivity contribution in [3.8, 4) is 11.5 Å². The van der Waals surface area contributed by atoms with E-state index in [4.69, 9.17) is 10.2 Å². The summed E-state index contributed by atoms with van der Waals surface area (Å²) in [4.78, 5) is 24.3. The van der Waals surface area contributed by atoms with Gasteiger partial charge in [0, 0.05) is 18.5 Å². The Balaban J connectivity index is 1.84. The molecule has 1 atom stereocenters. The Morgan fingerprint density at radius 2 is 2.05 bits per heavy atom. The molecule has 0 aliphatic carbocycles. The van der Waals surface area contributed by atoms with E-state index in [1.54, 1.807) is 0 Å². The second-order valence-corrected chi connectivity index (χ2v) is 4.56. The molecule has 7 heteroatoms. The molecule has 20 heavy (non-hydrogen) atoms. The largest absolute Gasteiger partial charge is 0.403 e. The Bertz CT molecular complexity index is 653. The molecule has 2 heterocycles. The molecule has 0 saturated carbocycles. The highest BCUT2D eigenvalue weighted by molar-refractivity contribution is 5.98. The molecule has 1 aliphatic rings. The van der Waals surface area contributed by atoms with Gasteiger partial charge >= 0.3 is 6.01 Å². The number of hydrogen-bond acceptors (Lipinski definition) is 5. The van der Waals surface area contributed by atoms with Crippen LogP contribution >= 0.6 is 0 Å². The topological polar surface area (TPSA) is 102 Å². The number of benzene rings is 1. The third kappa shape index (κ3) is 2.13. The van der Waals surface area contributed by atoms with Gasteiger partial charge in [-0.3, -0.25) is 14.5 Å². The molecule has 1 aliphatic heterocycles. The van der Waals surface area contributed by atoms with E-state index in [9.17, 15) is 9.59 Å². The van der Waals surface area contributed by atoms with Crippen LogP contribution in [-0.2, 0) is 9.59 Å². The van der Waals surface area contributed by atoms with Crippen LogP contribution in [0.2, 0.25) is 0 Å². The van der Waals surface area contributed by atoms with Crippen molar-refractivity contribution in [1.29, 1.82) is 0 Å². The molecule has 2 aromatic rings. The van der Waals surface area contributed by atoms with Gasteiger partial charge in [0.15, 0.2) is 0 Å². The van der Waals surface area contributed by atoms with Crippen LogP contribution in [0.15, 0.2) is 34.7 Å². The smallest absolute Gasteiger partial charge is 0.325 e. The number of rotatable bonds is 3. The Hall–Kier alpha value is -2.70. The van der Waals surface area contributed by atoms with Gasteiger partial charge in [-0.2, -0.15) is 0 Å². The fraction of sp³-hybridized carbons (Fsp3) is 0.231. The summed E-state index contributed by atoms with van der Waals surface area (Å²) in [6.07, 6.45) is 0.0817. The summed E-state index contributed by atoms with van der Waals surface area (Å²) in [5.41, 5.74) is 5.98. The van der Waals surface area contributed by atoms with E-state index < -0.39 is 11.8 Å². The zero-order valence-electron chi connectivity index (χ0n) is 10.5. The highest BCUT2D eigenvalue weighted by Crippen LogP contribution is 2.26. The maximum absolute atomic E-state index is 11.8. The van der Waals surface area contributed by atoms with Gasteiger partial charge in [-0.1, -0.05) is 23.3 Å². The van der Waals surface area contributed by atoms with E-state index in [1.165, 1.54) is 4.90 Å². The fourth-order valence-corrected chi connectivity index (χ4v) is 2.11. The minimum absolute atomic E-state index is 0.0817. The highest BCUT2D eigenvalue weighted by atomic mass is 16.4. The zero-order valence-corrected chi connectivity index (χ0v) is 10.5. The summed E-state index contributed by atoms with van der Waals surface area (Å²) in [6.45, 7) is 0.185. The van der Waals surface area contributed by atoms with Crippen LogP contribution in [0.4, 0.5) is 6.01 Å². The Kier molecular flexibility index (Phi) is 2.94. The lowest BCUT2D eigenvalue weighted by molar-refractivity contribution is -0.123. The minimum atomic E-state index is -0.505. The molecule has 7 nitrogen and oxygen atoms in total. The molecule has 0 bridgehead atoms. The van der Waals surface area contributed by atoms with Crippen molar-refractivity contribution >= 4 is 17.8 Å². The molecule has 1 unspecified atom stereocenters. The lowest BCUT2D eigenvalue weighted by Crippen LogP contribution is -2.28. The number of nitrogens with zero attached hydrogens (tertiary/aromatic N) is 3. The number of nitrogens with two attached hydrogens (primary N) is 1.